The number of benzene rings is 1. The normalized spacial score (nSPS) is 7.89. The van der Waals surface area contributed by atoms with Crippen LogP contribution in [0, 0.1) is 0 Å². The maximum atomic E-state index is 10.4. The Morgan fingerprint density at radius 2 is 1.78 bits per heavy atom. The fourth-order valence-electron chi connectivity index (χ4n) is 0.779. The summed E-state index contributed by atoms with van der Waals surface area (Å²) in [7, 11) is 0. The van der Waals surface area contributed by atoms with Gasteiger partial charge in [0.25, 0.3) is 0 Å². The number of carboxylic acid groups (broad SMARTS) is 2. The van der Waals surface area contributed by atoms with Crippen LogP contribution in [0.3, 0.4) is 0 Å². The molecule has 0 aromatic heterocycles. The molecule has 0 radical (unpaired) electrons. The summed E-state index contributed by atoms with van der Waals surface area (Å²) in [5, 5.41) is 18.7. The van der Waals surface area contributed by atoms with Crippen molar-refractivity contribution in [1.29, 1.82) is 0 Å². The quantitative estimate of drug-likeness (QED) is 0.469. The third-order valence-corrected chi connectivity index (χ3v) is 2.10. The van der Waals surface area contributed by atoms with E-state index >= 15 is 0 Å². The SMILES string of the molecule is CCC[SH2+].O=C([O-])c1cccc(C(=O)O)c1.[Na+].[OH-]. The summed E-state index contributed by atoms with van der Waals surface area (Å²) in [6, 6.07) is 5.00. The van der Waals surface area contributed by atoms with E-state index in [0.29, 0.717) is 0 Å². The van der Waals surface area contributed by atoms with E-state index in [1.165, 1.54) is 24.6 Å². The molecule has 0 saturated heterocycles. The molecule has 96 valence electrons. The fraction of sp³-hybridized carbons (Fsp3) is 0.273. The smallest absolute Gasteiger partial charge is 0.870 e. The number of rotatable bonds is 3. The standard InChI is InChI=1S/C8H6O4.C3H8S.Na.H2O/c9-7(10)5-2-1-3-6(4-5)8(11)12;1-2-3-4;;/h1-4H,(H,9,10)(H,11,12);4H,2-3H2,1H3;;1H2/q;;+1;/p-1. The van der Waals surface area contributed by atoms with Gasteiger partial charge in [-0.3, -0.25) is 0 Å². The number of carboxylic acids is 2. The molecule has 5 nitrogen and oxygen atoms in total. The predicted octanol–water partition coefficient (Wildman–Crippen LogP) is -3.02. The van der Waals surface area contributed by atoms with Crippen molar-refractivity contribution in [3.8, 4) is 0 Å². The summed E-state index contributed by atoms with van der Waals surface area (Å²) in [6.07, 6.45) is 1.23. The zero-order valence-electron chi connectivity index (χ0n) is 10.3. The van der Waals surface area contributed by atoms with Crippen molar-refractivity contribution in [2.45, 2.75) is 13.3 Å². The van der Waals surface area contributed by atoms with Crippen LogP contribution >= 0.6 is 0 Å². The number of hydrogen-bond acceptors (Lipinski definition) is 4. The Balaban J connectivity index is -0.000000332. The summed E-state index contributed by atoms with van der Waals surface area (Å²) in [5.74, 6) is -1.41. The van der Waals surface area contributed by atoms with Gasteiger partial charge in [0.2, 0.25) is 0 Å². The molecule has 1 aromatic carbocycles. The van der Waals surface area contributed by atoms with Gasteiger partial charge in [-0.2, -0.15) is 0 Å². The Labute approximate surface area is 133 Å². The van der Waals surface area contributed by atoms with Crippen molar-refractivity contribution in [3.63, 3.8) is 0 Å². The number of aromatic carboxylic acids is 2. The van der Waals surface area contributed by atoms with E-state index in [1.807, 2.05) is 0 Å². The van der Waals surface area contributed by atoms with E-state index in [4.69, 9.17) is 5.11 Å². The zero-order valence-corrected chi connectivity index (χ0v) is 13.3. The van der Waals surface area contributed by atoms with Crippen LogP contribution in [0.2, 0.25) is 0 Å². The van der Waals surface area contributed by atoms with Crippen LogP contribution in [0.25, 0.3) is 0 Å². The molecule has 0 fully saturated rings. The van der Waals surface area contributed by atoms with E-state index in [0.717, 1.165) is 11.8 Å². The van der Waals surface area contributed by atoms with E-state index < -0.39 is 11.9 Å². The average Bonchev–Trinajstić information content (AvgIpc) is 2.29. The van der Waals surface area contributed by atoms with E-state index in [9.17, 15) is 14.7 Å². The zero-order chi connectivity index (χ0) is 12.6. The van der Waals surface area contributed by atoms with Gasteiger partial charge in [0.1, 0.15) is 5.75 Å². The minimum Gasteiger partial charge on any atom is -0.870 e. The summed E-state index contributed by atoms with van der Waals surface area (Å²) >= 11 is 3.29. The Morgan fingerprint density at radius 1 is 1.33 bits per heavy atom. The third-order valence-electron chi connectivity index (χ3n) is 1.60. The molecule has 1 aromatic rings. The predicted molar refractivity (Wildman–Crippen MR) is 65.0 cm³/mol. The van der Waals surface area contributed by atoms with Gasteiger partial charge < -0.3 is 20.5 Å². The molecule has 0 atom stereocenters. The average molecular weight is 282 g/mol. The topological polar surface area (TPSA) is 107 Å². The van der Waals surface area contributed by atoms with Gasteiger partial charge in [0.15, 0.2) is 0 Å². The summed E-state index contributed by atoms with van der Waals surface area (Å²) in [4.78, 5) is 20.6. The van der Waals surface area contributed by atoms with Crippen molar-refractivity contribution >= 4 is 24.6 Å². The molecule has 0 aliphatic heterocycles. The van der Waals surface area contributed by atoms with Crippen LogP contribution in [0.4, 0.5) is 0 Å². The second kappa shape index (κ2) is 12.9. The van der Waals surface area contributed by atoms with E-state index in [1.54, 1.807) is 0 Å². The van der Waals surface area contributed by atoms with Gasteiger partial charge in [-0.05, 0) is 36.7 Å². The molecule has 2 N–H and O–H groups in total. The Morgan fingerprint density at radius 3 is 2.11 bits per heavy atom. The van der Waals surface area contributed by atoms with Gasteiger partial charge in [0, 0.05) is 0 Å². The van der Waals surface area contributed by atoms with Crippen LogP contribution in [0.5, 0.6) is 0 Å². The summed E-state index contributed by atoms with van der Waals surface area (Å²) in [5.41, 5.74) is -0.188. The summed E-state index contributed by atoms with van der Waals surface area (Å²) < 4.78 is 0. The number of carbonyl (C=O) groups excluding carboxylic acids is 1. The van der Waals surface area contributed by atoms with E-state index in [2.05, 4.69) is 19.6 Å². The Bertz CT molecular complexity index is 339. The van der Waals surface area contributed by atoms with Crippen molar-refractivity contribution in [3.05, 3.63) is 35.4 Å². The van der Waals surface area contributed by atoms with E-state index in [-0.39, 0.29) is 46.2 Å². The first kappa shape index (κ1) is 22.6. The van der Waals surface area contributed by atoms with Gasteiger partial charge in [-0.1, -0.05) is 19.1 Å². The monoisotopic (exact) mass is 282 g/mol. The largest absolute Gasteiger partial charge is 1.00 e. The van der Waals surface area contributed by atoms with Crippen molar-refractivity contribution in [2.24, 2.45) is 0 Å². The van der Waals surface area contributed by atoms with Crippen molar-refractivity contribution in [2.75, 3.05) is 5.75 Å². The molecule has 18 heavy (non-hydrogen) atoms. The van der Waals surface area contributed by atoms with Gasteiger partial charge >= 0.3 is 35.5 Å². The van der Waals surface area contributed by atoms with Crippen LogP contribution in [0.1, 0.15) is 34.1 Å². The first-order chi connectivity index (χ1) is 7.52. The van der Waals surface area contributed by atoms with Gasteiger partial charge in [-0.15, -0.1) is 0 Å². The molecule has 0 spiro atoms. The molecule has 0 bridgehead atoms. The maximum absolute atomic E-state index is 10.4. The molecular formula is C11H15NaO5S. The molecule has 7 heteroatoms. The van der Waals surface area contributed by atoms with Crippen LogP contribution < -0.4 is 34.7 Å². The Kier molecular flexibility index (Phi) is 16.2. The second-order valence-corrected chi connectivity index (χ2v) is 3.42. The van der Waals surface area contributed by atoms with Crippen molar-refractivity contribution in [1.82, 2.24) is 0 Å². The van der Waals surface area contributed by atoms with Crippen LogP contribution in [0.15, 0.2) is 24.3 Å². The molecule has 0 aliphatic rings. The molecule has 1 rings (SSSR count). The first-order valence-electron chi connectivity index (χ1n) is 4.72. The molecular weight excluding hydrogens is 267 g/mol. The second-order valence-electron chi connectivity index (χ2n) is 2.92. The van der Waals surface area contributed by atoms with Gasteiger partial charge in [0.05, 0.1) is 11.5 Å². The minimum absolute atomic E-state index is 0. The molecule has 0 heterocycles. The van der Waals surface area contributed by atoms with Gasteiger partial charge in [-0.25, -0.2) is 4.79 Å². The fourth-order valence-corrected chi connectivity index (χ4v) is 0.779. The molecule has 0 unspecified atom stereocenters. The Hall–Kier alpha value is -0.530. The number of carbonyl (C=O) groups is 2. The third kappa shape index (κ3) is 9.49. The molecule has 0 saturated carbocycles. The number of hydrogen-bond donors (Lipinski definition) is 1. The molecule has 0 aliphatic carbocycles. The van der Waals surface area contributed by atoms with Crippen LogP contribution in [-0.4, -0.2) is 28.3 Å². The molecule has 0 amide bonds. The van der Waals surface area contributed by atoms with Crippen molar-refractivity contribution < 1.29 is 54.8 Å². The maximum Gasteiger partial charge on any atom is 1.00 e. The van der Waals surface area contributed by atoms with Crippen LogP contribution in [-0.2, 0) is 12.6 Å². The minimum atomic E-state index is -1.38. The summed E-state index contributed by atoms with van der Waals surface area (Å²) in [6.45, 7) is 2.13. The first-order valence-corrected chi connectivity index (χ1v) is 5.43.